The average molecular weight is 186 g/mol. The van der Waals surface area contributed by atoms with Crippen molar-refractivity contribution >= 4 is 11.9 Å². The molecule has 0 amide bonds. The summed E-state index contributed by atoms with van der Waals surface area (Å²) in [6, 6.07) is 0. The Morgan fingerprint density at radius 3 is 2.54 bits per heavy atom. The molecule has 1 rings (SSSR count). The lowest BCUT2D eigenvalue weighted by Crippen LogP contribution is -2.31. The van der Waals surface area contributed by atoms with Crippen LogP contribution in [0.15, 0.2) is 0 Å². The number of hydrogen-bond acceptors (Lipinski definition) is 4. The summed E-state index contributed by atoms with van der Waals surface area (Å²) < 4.78 is 9.81. The van der Waals surface area contributed by atoms with Crippen LogP contribution >= 0.6 is 0 Å². The van der Waals surface area contributed by atoms with Crippen molar-refractivity contribution in [2.24, 2.45) is 0 Å². The van der Waals surface area contributed by atoms with Crippen LogP contribution in [0.4, 0.5) is 0 Å². The highest BCUT2D eigenvalue weighted by molar-refractivity contribution is 5.82. The van der Waals surface area contributed by atoms with Crippen LogP contribution in [0.3, 0.4) is 0 Å². The summed E-state index contributed by atoms with van der Waals surface area (Å²) in [5, 5.41) is 0. The normalized spacial score (nSPS) is 22.7. The second-order valence-corrected chi connectivity index (χ2v) is 4.05. The maximum atomic E-state index is 11.3. The molecule has 0 bridgehead atoms. The molecule has 0 radical (unpaired) electrons. The lowest BCUT2D eigenvalue weighted by molar-refractivity contribution is -0.170. The first kappa shape index (κ1) is 10.0. The van der Waals surface area contributed by atoms with E-state index >= 15 is 0 Å². The molecule has 1 atom stereocenters. The fourth-order valence-electron chi connectivity index (χ4n) is 1.06. The van der Waals surface area contributed by atoms with Gasteiger partial charge in [-0.1, -0.05) is 0 Å². The quantitative estimate of drug-likeness (QED) is 0.574. The molecule has 1 aliphatic heterocycles. The molecule has 0 unspecified atom stereocenters. The predicted octanol–water partition coefficient (Wildman–Crippen LogP) is 1.03. The molecule has 0 aromatic rings. The number of esters is 2. The Morgan fingerprint density at radius 2 is 2.15 bits per heavy atom. The third-order valence-electron chi connectivity index (χ3n) is 1.55. The van der Waals surface area contributed by atoms with Crippen LogP contribution in [0.5, 0.6) is 0 Å². The van der Waals surface area contributed by atoms with Gasteiger partial charge in [0.15, 0.2) is 6.10 Å². The van der Waals surface area contributed by atoms with Crippen molar-refractivity contribution in [1.29, 1.82) is 0 Å². The van der Waals surface area contributed by atoms with Gasteiger partial charge in [0.1, 0.15) is 5.60 Å². The molecule has 1 fully saturated rings. The fourth-order valence-corrected chi connectivity index (χ4v) is 1.06. The van der Waals surface area contributed by atoms with E-state index in [1.807, 2.05) is 0 Å². The summed E-state index contributed by atoms with van der Waals surface area (Å²) in [4.78, 5) is 22.0. The number of rotatable bonds is 1. The fraction of sp³-hybridized carbons (Fsp3) is 0.778. The van der Waals surface area contributed by atoms with Crippen LogP contribution in [0.2, 0.25) is 0 Å². The molecule has 4 nitrogen and oxygen atoms in total. The number of hydrogen-bond donors (Lipinski definition) is 0. The van der Waals surface area contributed by atoms with Crippen LogP contribution in [0.1, 0.15) is 33.6 Å². The largest absolute Gasteiger partial charge is 0.457 e. The van der Waals surface area contributed by atoms with E-state index < -0.39 is 17.7 Å². The topological polar surface area (TPSA) is 52.6 Å². The standard InChI is InChI=1S/C9H14O4/c1-9(2,3)13-8(11)6-4-5-7(10)12-6/h6H,4-5H2,1-3H3/t6-/m0/s1. The van der Waals surface area contributed by atoms with Crippen LogP contribution in [-0.4, -0.2) is 23.6 Å². The van der Waals surface area contributed by atoms with Crippen LogP contribution in [-0.2, 0) is 19.1 Å². The van der Waals surface area contributed by atoms with E-state index in [0.29, 0.717) is 12.8 Å². The number of cyclic esters (lactones) is 1. The zero-order valence-corrected chi connectivity index (χ0v) is 8.12. The first-order valence-electron chi connectivity index (χ1n) is 4.31. The van der Waals surface area contributed by atoms with E-state index in [9.17, 15) is 9.59 Å². The first-order chi connectivity index (χ1) is 5.88. The molecule has 0 N–H and O–H groups in total. The molecular formula is C9H14O4. The molecule has 1 heterocycles. The zero-order chi connectivity index (χ0) is 10.1. The highest BCUT2D eigenvalue weighted by Gasteiger charge is 2.33. The van der Waals surface area contributed by atoms with Crippen molar-refractivity contribution in [2.45, 2.75) is 45.3 Å². The lowest BCUT2D eigenvalue weighted by atomic mass is 10.2. The van der Waals surface area contributed by atoms with E-state index in [4.69, 9.17) is 9.47 Å². The second kappa shape index (κ2) is 3.36. The minimum absolute atomic E-state index is 0.309. The summed E-state index contributed by atoms with van der Waals surface area (Å²) in [6.07, 6.45) is 0.0595. The van der Waals surface area contributed by atoms with E-state index in [-0.39, 0.29) is 5.97 Å². The monoisotopic (exact) mass is 186 g/mol. The molecule has 0 aliphatic carbocycles. The number of carbonyl (C=O) groups is 2. The molecule has 0 saturated carbocycles. The molecular weight excluding hydrogens is 172 g/mol. The highest BCUT2D eigenvalue weighted by atomic mass is 16.6. The Labute approximate surface area is 77.2 Å². The minimum atomic E-state index is -0.688. The molecule has 0 aromatic carbocycles. The van der Waals surface area contributed by atoms with Gasteiger partial charge in [-0.15, -0.1) is 0 Å². The van der Waals surface area contributed by atoms with Gasteiger partial charge >= 0.3 is 11.9 Å². The Kier molecular flexibility index (Phi) is 2.59. The molecule has 74 valence electrons. The summed E-state index contributed by atoms with van der Waals surface area (Å²) in [5.41, 5.74) is -0.522. The summed E-state index contributed by atoms with van der Waals surface area (Å²) in [6.45, 7) is 5.34. The van der Waals surface area contributed by atoms with Gasteiger partial charge in [0.25, 0.3) is 0 Å². The number of ether oxygens (including phenoxy) is 2. The predicted molar refractivity (Wildman–Crippen MR) is 45.0 cm³/mol. The molecule has 4 heteroatoms. The van der Waals surface area contributed by atoms with Crippen molar-refractivity contribution in [3.05, 3.63) is 0 Å². The zero-order valence-electron chi connectivity index (χ0n) is 8.12. The van der Waals surface area contributed by atoms with Gasteiger partial charge in [0, 0.05) is 12.8 Å². The average Bonchev–Trinajstić information content (AvgIpc) is 2.31. The van der Waals surface area contributed by atoms with E-state index in [2.05, 4.69) is 0 Å². The van der Waals surface area contributed by atoms with Gasteiger partial charge in [-0.3, -0.25) is 4.79 Å². The highest BCUT2D eigenvalue weighted by Crippen LogP contribution is 2.18. The summed E-state index contributed by atoms with van der Waals surface area (Å²) >= 11 is 0. The smallest absolute Gasteiger partial charge is 0.347 e. The van der Waals surface area contributed by atoms with Crippen molar-refractivity contribution < 1.29 is 19.1 Å². The van der Waals surface area contributed by atoms with Gasteiger partial charge in [-0.25, -0.2) is 4.79 Å². The molecule has 13 heavy (non-hydrogen) atoms. The van der Waals surface area contributed by atoms with Crippen LogP contribution in [0, 0.1) is 0 Å². The van der Waals surface area contributed by atoms with E-state index in [1.54, 1.807) is 20.8 Å². The molecule has 0 aromatic heterocycles. The van der Waals surface area contributed by atoms with Crippen LogP contribution in [0.25, 0.3) is 0 Å². The molecule has 1 aliphatic rings. The van der Waals surface area contributed by atoms with Gasteiger partial charge in [0.2, 0.25) is 0 Å². The Morgan fingerprint density at radius 1 is 1.54 bits per heavy atom. The minimum Gasteiger partial charge on any atom is -0.457 e. The van der Waals surface area contributed by atoms with Crippen LogP contribution < -0.4 is 0 Å². The summed E-state index contributed by atoms with van der Waals surface area (Å²) in [7, 11) is 0. The van der Waals surface area contributed by atoms with Crippen molar-refractivity contribution in [2.75, 3.05) is 0 Å². The van der Waals surface area contributed by atoms with Crippen molar-refractivity contribution in [3.8, 4) is 0 Å². The maximum absolute atomic E-state index is 11.3. The lowest BCUT2D eigenvalue weighted by Gasteiger charge is -2.21. The Bertz CT molecular complexity index is 226. The molecule has 0 spiro atoms. The Hall–Kier alpha value is -1.06. The SMILES string of the molecule is CC(C)(C)OC(=O)[C@@H]1CCC(=O)O1. The van der Waals surface area contributed by atoms with Gasteiger partial charge in [0.05, 0.1) is 0 Å². The number of carbonyl (C=O) groups excluding carboxylic acids is 2. The second-order valence-electron chi connectivity index (χ2n) is 4.05. The van der Waals surface area contributed by atoms with Gasteiger partial charge in [-0.2, -0.15) is 0 Å². The van der Waals surface area contributed by atoms with Crippen molar-refractivity contribution in [1.82, 2.24) is 0 Å². The Balaban J connectivity index is 2.45. The third kappa shape index (κ3) is 3.05. The maximum Gasteiger partial charge on any atom is 0.347 e. The first-order valence-corrected chi connectivity index (χ1v) is 4.31. The molecule has 1 saturated heterocycles. The summed E-state index contributed by atoms with van der Waals surface area (Å²) in [5.74, 6) is -0.769. The third-order valence-corrected chi connectivity index (χ3v) is 1.55. The van der Waals surface area contributed by atoms with Gasteiger partial charge < -0.3 is 9.47 Å². The van der Waals surface area contributed by atoms with E-state index in [0.717, 1.165) is 0 Å². The van der Waals surface area contributed by atoms with Crippen molar-refractivity contribution in [3.63, 3.8) is 0 Å². The van der Waals surface area contributed by atoms with E-state index in [1.165, 1.54) is 0 Å². The van der Waals surface area contributed by atoms with Gasteiger partial charge in [-0.05, 0) is 20.8 Å².